The third-order valence-electron chi connectivity index (χ3n) is 4.78. The number of carboxylic acids is 1. The number of carbonyl (C=O) groups excluding carboxylic acids is 1. The van der Waals surface area contributed by atoms with E-state index < -0.39 is 30.1 Å². The van der Waals surface area contributed by atoms with E-state index in [9.17, 15) is 23.5 Å². The van der Waals surface area contributed by atoms with Crippen LogP contribution in [0.4, 0.5) is 13.6 Å². The quantitative estimate of drug-likeness (QED) is 0.331. The van der Waals surface area contributed by atoms with Crippen LogP contribution in [0, 0.1) is 0 Å². The lowest BCUT2D eigenvalue weighted by Gasteiger charge is -2.33. The van der Waals surface area contributed by atoms with Crippen LogP contribution in [-0.2, 0) is 22.6 Å². The van der Waals surface area contributed by atoms with Crippen LogP contribution in [0.25, 0.3) is 0 Å². The number of nitrogens with one attached hydrogen (secondary N) is 1. The number of rotatable bonds is 12. The molecular formula is C23H27F2NO6. The van der Waals surface area contributed by atoms with Gasteiger partial charge in [0.25, 0.3) is 0 Å². The highest BCUT2D eigenvalue weighted by atomic mass is 19.3. The molecule has 1 amide bonds. The molecule has 0 fully saturated rings. The van der Waals surface area contributed by atoms with Crippen molar-refractivity contribution in [1.82, 2.24) is 5.32 Å². The number of hydrogen-bond donors (Lipinski definition) is 3. The average molecular weight is 451 g/mol. The van der Waals surface area contributed by atoms with Gasteiger partial charge in [0.2, 0.25) is 5.72 Å². The molecule has 7 nitrogen and oxygen atoms in total. The fraction of sp³-hybridized carbons (Fsp3) is 0.391. The molecule has 0 aliphatic heterocycles. The summed E-state index contributed by atoms with van der Waals surface area (Å²) in [6.45, 7) is 2.16. The second-order valence-corrected chi connectivity index (χ2v) is 7.27. The molecule has 0 aromatic heterocycles. The molecule has 0 bridgehead atoms. The summed E-state index contributed by atoms with van der Waals surface area (Å²) in [6.07, 6.45) is -0.993. The molecule has 2 aromatic carbocycles. The molecule has 0 aliphatic carbocycles. The number of carbonyl (C=O) groups is 2. The summed E-state index contributed by atoms with van der Waals surface area (Å²) in [6, 6.07) is 16.0. The zero-order chi connectivity index (χ0) is 23.6. The lowest BCUT2D eigenvalue weighted by molar-refractivity contribution is -0.216. The van der Waals surface area contributed by atoms with Crippen molar-refractivity contribution in [3.8, 4) is 5.75 Å². The van der Waals surface area contributed by atoms with Crippen LogP contribution in [0.3, 0.4) is 0 Å². The van der Waals surface area contributed by atoms with E-state index in [1.165, 1.54) is 0 Å². The Morgan fingerprint density at radius 2 is 1.69 bits per heavy atom. The molecular weight excluding hydrogens is 424 g/mol. The lowest BCUT2D eigenvalue weighted by Crippen LogP contribution is -2.64. The summed E-state index contributed by atoms with van der Waals surface area (Å²) in [5.41, 5.74) is -1.81. The van der Waals surface area contributed by atoms with Crippen molar-refractivity contribution < 1.29 is 38.1 Å². The van der Waals surface area contributed by atoms with Crippen molar-refractivity contribution in [1.29, 1.82) is 0 Å². The number of carboxylic acid groups (broad SMARTS) is 1. The number of benzene rings is 2. The SMILES string of the molecule is CCCCOC(=O)NC(O)(CCc1ccc(OCc2ccccc2)cc1)C(F)(F)C(=O)O. The van der Waals surface area contributed by atoms with Crippen molar-refractivity contribution in [2.45, 2.75) is 50.9 Å². The summed E-state index contributed by atoms with van der Waals surface area (Å²) >= 11 is 0. The third-order valence-corrected chi connectivity index (χ3v) is 4.78. The zero-order valence-corrected chi connectivity index (χ0v) is 17.7. The highest BCUT2D eigenvalue weighted by molar-refractivity contribution is 5.79. The monoisotopic (exact) mass is 451 g/mol. The highest BCUT2D eigenvalue weighted by Crippen LogP contribution is 2.31. The van der Waals surface area contributed by atoms with E-state index in [2.05, 4.69) is 0 Å². The Balaban J connectivity index is 2.01. The molecule has 2 aromatic rings. The molecule has 2 rings (SSSR count). The van der Waals surface area contributed by atoms with Gasteiger partial charge in [-0.05, 0) is 36.1 Å². The molecule has 0 spiro atoms. The van der Waals surface area contributed by atoms with Crippen molar-refractivity contribution in [3.63, 3.8) is 0 Å². The molecule has 0 aliphatic rings. The van der Waals surface area contributed by atoms with Gasteiger partial charge in [0.1, 0.15) is 12.4 Å². The smallest absolute Gasteiger partial charge is 0.409 e. The molecule has 1 atom stereocenters. The third kappa shape index (κ3) is 6.91. The zero-order valence-electron chi connectivity index (χ0n) is 17.7. The van der Waals surface area contributed by atoms with E-state index >= 15 is 0 Å². The van der Waals surface area contributed by atoms with Crippen LogP contribution < -0.4 is 10.1 Å². The Hall–Kier alpha value is -3.20. The van der Waals surface area contributed by atoms with Gasteiger partial charge >= 0.3 is 18.0 Å². The molecule has 32 heavy (non-hydrogen) atoms. The summed E-state index contributed by atoms with van der Waals surface area (Å²) in [4.78, 5) is 22.8. The Morgan fingerprint density at radius 1 is 1.03 bits per heavy atom. The first-order chi connectivity index (χ1) is 15.2. The average Bonchev–Trinajstić information content (AvgIpc) is 2.77. The standard InChI is InChI=1S/C23H27F2NO6/c1-2-3-15-31-21(29)26-22(30,23(24,25)20(27)28)14-13-17-9-11-19(12-10-17)32-16-18-7-5-4-6-8-18/h4-12,30H,2-3,13-16H2,1H3,(H,26,29)(H,27,28). The molecule has 174 valence electrons. The van der Waals surface area contributed by atoms with Crippen LogP contribution in [-0.4, -0.2) is 40.5 Å². The molecule has 0 saturated heterocycles. The number of hydrogen-bond acceptors (Lipinski definition) is 5. The van der Waals surface area contributed by atoms with Crippen LogP contribution in [0.1, 0.15) is 37.3 Å². The maximum Gasteiger partial charge on any atom is 0.409 e. The van der Waals surface area contributed by atoms with Crippen molar-refractivity contribution in [3.05, 3.63) is 65.7 Å². The lowest BCUT2D eigenvalue weighted by atomic mass is 9.96. The summed E-state index contributed by atoms with van der Waals surface area (Å²) in [5.74, 6) is -6.63. The van der Waals surface area contributed by atoms with Gasteiger partial charge in [-0.2, -0.15) is 8.78 Å². The highest BCUT2D eigenvalue weighted by Gasteiger charge is 2.60. The molecule has 0 saturated carbocycles. The molecule has 1 unspecified atom stereocenters. The van der Waals surface area contributed by atoms with Gasteiger partial charge in [0.15, 0.2) is 0 Å². The number of aryl methyl sites for hydroxylation is 1. The number of alkyl halides is 2. The largest absolute Gasteiger partial charge is 0.489 e. The fourth-order valence-corrected chi connectivity index (χ4v) is 2.81. The Bertz CT molecular complexity index is 876. The van der Waals surface area contributed by atoms with Gasteiger partial charge in [0.05, 0.1) is 6.61 Å². The summed E-state index contributed by atoms with van der Waals surface area (Å²) in [5, 5.41) is 20.9. The maximum absolute atomic E-state index is 14.2. The van der Waals surface area contributed by atoms with E-state index in [1.54, 1.807) is 29.6 Å². The first-order valence-corrected chi connectivity index (χ1v) is 10.2. The van der Waals surface area contributed by atoms with Crippen molar-refractivity contribution in [2.24, 2.45) is 0 Å². The Labute approximate surface area is 185 Å². The van der Waals surface area contributed by atoms with Crippen molar-refractivity contribution >= 4 is 12.1 Å². The number of aliphatic carboxylic acids is 1. The number of aliphatic hydroxyl groups is 1. The van der Waals surface area contributed by atoms with E-state index in [0.29, 0.717) is 30.8 Å². The fourth-order valence-electron chi connectivity index (χ4n) is 2.81. The van der Waals surface area contributed by atoms with E-state index in [0.717, 1.165) is 5.56 Å². The van der Waals surface area contributed by atoms with Gasteiger partial charge in [-0.1, -0.05) is 55.8 Å². The van der Waals surface area contributed by atoms with Gasteiger partial charge < -0.3 is 19.7 Å². The van der Waals surface area contributed by atoms with Gasteiger partial charge in [-0.15, -0.1) is 0 Å². The second-order valence-electron chi connectivity index (χ2n) is 7.27. The Kier molecular flexibility index (Phi) is 8.95. The topological polar surface area (TPSA) is 105 Å². The van der Waals surface area contributed by atoms with Crippen LogP contribution in [0.2, 0.25) is 0 Å². The van der Waals surface area contributed by atoms with E-state index in [1.807, 2.05) is 37.3 Å². The maximum atomic E-state index is 14.2. The molecule has 0 heterocycles. The molecule has 3 N–H and O–H groups in total. The Morgan fingerprint density at radius 3 is 2.28 bits per heavy atom. The first-order valence-electron chi connectivity index (χ1n) is 10.2. The molecule has 0 radical (unpaired) electrons. The summed E-state index contributed by atoms with van der Waals surface area (Å²) in [7, 11) is 0. The second kappa shape index (κ2) is 11.4. The van der Waals surface area contributed by atoms with Gasteiger partial charge in [0, 0.05) is 6.42 Å². The van der Waals surface area contributed by atoms with Crippen LogP contribution in [0.15, 0.2) is 54.6 Å². The predicted octanol–water partition coefficient (Wildman–Crippen LogP) is 4.13. The summed E-state index contributed by atoms with van der Waals surface area (Å²) < 4.78 is 38.9. The number of amides is 1. The minimum Gasteiger partial charge on any atom is -0.489 e. The van der Waals surface area contributed by atoms with Crippen molar-refractivity contribution in [2.75, 3.05) is 6.61 Å². The molecule has 9 heteroatoms. The number of ether oxygens (including phenoxy) is 2. The van der Waals surface area contributed by atoms with E-state index in [-0.39, 0.29) is 13.0 Å². The van der Waals surface area contributed by atoms with E-state index in [4.69, 9.17) is 14.6 Å². The predicted molar refractivity (Wildman–Crippen MR) is 112 cm³/mol. The normalized spacial score (nSPS) is 13.1. The minimum absolute atomic E-state index is 0.0402. The van der Waals surface area contributed by atoms with Crippen LogP contribution >= 0.6 is 0 Å². The van der Waals surface area contributed by atoms with Gasteiger partial charge in [-0.25, -0.2) is 9.59 Å². The minimum atomic E-state index is -4.63. The van der Waals surface area contributed by atoms with Gasteiger partial charge in [-0.3, -0.25) is 5.32 Å². The number of unbranched alkanes of at least 4 members (excludes halogenated alkanes) is 1. The van der Waals surface area contributed by atoms with Crippen LogP contribution in [0.5, 0.6) is 5.75 Å². The number of alkyl carbamates (subject to hydrolysis) is 1. The number of halogens is 2. The first kappa shape index (κ1) is 25.1.